The molecule has 2 aliphatic heterocycles. The molecule has 0 saturated carbocycles. The van der Waals surface area contributed by atoms with Gasteiger partial charge in [-0.05, 0) is 51.1 Å². The molecule has 0 radical (unpaired) electrons. The first-order valence-electron chi connectivity index (χ1n) is 12.9. The summed E-state index contributed by atoms with van der Waals surface area (Å²) in [6.07, 6.45) is 13.0. The van der Waals surface area contributed by atoms with Crippen LogP contribution in [0.15, 0.2) is 84.6 Å². The van der Waals surface area contributed by atoms with Gasteiger partial charge in [0.05, 0.1) is 5.41 Å². The minimum atomic E-state index is -0.0396. The number of hydrogen-bond acceptors (Lipinski definition) is 3. The van der Waals surface area contributed by atoms with Crippen molar-refractivity contribution in [3.05, 3.63) is 95.7 Å². The second kappa shape index (κ2) is 13.2. The molecule has 0 amide bonds. The van der Waals surface area contributed by atoms with E-state index in [-0.39, 0.29) is 44.8 Å². The zero-order valence-corrected chi connectivity index (χ0v) is 25.9. The van der Waals surface area contributed by atoms with Crippen LogP contribution in [-0.2, 0) is 10.8 Å². The van der Waals surface area contributed by atoms with Gasteiger partial charge in [-0.15, -0.1) is 17.0 Å². The van der Waals surface area contributed by atoms with Crippen LogP contribution in [0.3, 0.4) is 0 Å². The molecule has 2 aliphatic rings. The Kier molecular flexibility index (Phi) is 11.1. The third-order valence-corrected chi connectivity index (χ3v) is 7.50. The monoisotopic (exact) mass is 628 g/mol. The number of fused-ring (bicyclic) bond motifs is 2. The minimum absolute atomic E-state index is 0. The van der Waals surface area contributed by atoms with Gasteiger partial charge in [-0.3, -0.25) is 0 Å². The van der Waals surface area contributed by atoms with Gasteiger partial charge in [-0.25, -0.2) is 0 Å². The normalized spacial score (nSPS) is 18.3. The average Bonchev–Trinajstić information content (AvgIpc) is 3.20. The molecule has 2 heterocycles. The van der Waals surface area contributed by atoms with Crippen LogP contribution in [0.1, 0.15) is 51.7 Å². The molecule has 4 rings (SSSR count). The molecule has 4 N–H and O–H groups in total. The molecule has 0 aromatic heterocycles. The molecular formula is C31H42Br2N4. The maximum atomic E-state index is 5.85. The Morgan fingerprint density at radius 2 is 1.46 bits per heavy atom. The Bertz CT molecular complexity index is 1190. The summed E-state index contributed by atoms with van der Waals surface area (Å²) in [6, 6.07) is 17.5. The molecule has 37 heavy (non-hydrogen) atoms. The fourth-order valence-corrected chi connectivity index (χ4v) is 5.62. The van der Waals surface area contributed by atoms with Crippen LogP contribution in [0.5, 0.6) is 0 Å². The number of hydrogen-bond donors (Lipinski definition) is 2. The van der Waals surface area contributed by atoms with Crippen LogP contribution >= 0.6 is 17.0 Å². The van der Waals surface area contributed by atoms with Gasteiger partial charge in [0.15, 0.2) is 12.3 Å². The lowest BCUT2D eigenvalue weighted by molar-refractivity contribution is -0.437. The summed E-state index contributed by atoms with van der Waals surface area (Å²) in [6.45, 7) is 12.5. The van der Waals surface area contributed by atoms with Gasteiger partial charge >= 0.3 is 0 Å². The molecule has 0 bridgehead atoms. The topological polar surface area (TPSA) is 58.3 Å². The predicted octanol–water partition coefficient (Wildman–Crippen LogP) is 3.14. The number of benzene rings is 2. The quantitative estimate of drug-likeness (QED) is 0.331. The molecule has 2 aromatic carbocycles. The molecule has 0 spiro atoms. The van der Waals surface area contributed by atoms with Crippen molar-refractivity contribution < 1.29 is 21.6 Å². The fraction of sp³-hybridized carbons (Fsp3) is 0.387. The van der Waals surface area contributed by atoms with E-state index in [2.05, 4.69) is 116 Å². The average molecular weight is 631 g/mol. The summed E-state index contributed by atoms with van der Waals surface area (Å²) in [4.78, 5) is 2.44. The molecule has 0 aliphatic carbocycles. The Morgan fingerprint density at radius 1 is 0.811 bits per heavy atom. The first-order chi connectivity index (χ1) is 16.8. The van der Waals surface area contributed by atoms with Crippen molar-refractivity contribution >= 4 is 34.1 Å². The van der Waals surface area contributed by atoms with E-state index < -0.39 is 0 Å². The van der Waals surface area contributed by atoms with Crippen molar-refractivity contribution in [2.45, 2.75) is 51.4 Å². The minimum Gasteiger partial charge on any atom is -1.00 e. The highest BCUT2D eigenvalue weighted by molar-refractivity contribution is 8.93. The van der Waals surface area contributed by atoms with Crippen LogP contribution in [-0.4, -0.2) is 36.5 Å². The lowest BCUT2D eigenvalue weighted by Gasteiger charge is -2.26. The highest BCUT2D eigenvalue weighted by atomic mass is 79.9. The maximum Gasteiger partial charge on any atom is 0.209 e. The summed E-state index contributed by atoms with van der Waals surface area (Å²) in [5.74, 6) is 0. The zero-order valence-electron chi connectivity index (χ0n) is 22.6. The number of nitrogens with zero attached hydrogens (tertiary/aromatic N) is 2. The van der Waals surface area contributed by atoms with Crippen LogP contribution in [0.25, 0.3) is 0 Å². The predicted molar refractivity (Wildman–Crippen MR) is 160 cm³/mol. The molecule has 0 unspecified atom stereocenters. The SMILES string of the molecule is Br.CC1(C)C(/C=C/C=C/C=C2/N(CCCN)c3ccccc3C2(C)C)=[N+](CCCN)c2ccccc21.[Br-]. The van der Waals surface area contributed by atoms with E-state index in [1.807, 2.05) is 0 Å². The van der Waals surface area contributed by atoms with E-state index in [9.17, 15) is 0 Å². The van der Waals surface area contributed by atoms with E-state index in [0.29, 0.717) is 13.1 Å². The van der Waals surface area contributed by atoms with E-state index in [4.69, 9.17) is 11.5 Å². The second-order valence-corrected chi connectivity index (χ2v) is 10.6. The third-order valence-electron chi connectivity index (χ3n) is 7.50. The molecule has 0 atom stereocenters. The third kappa shape index (κ3) is 6.03. The number of rotatable bonds is 9. The maximum absolute atomic E-state index is 5.85. The first-order valence-corrected chi connectivity index (χ1v) is 12.9. The van der Waals surface area contributed by atoms with Crippen LogP contribution in [0.2, 0.25) is 0 Å². The van der Waals surface area contributed by atoms with Gasteiger partial charge in [-0.2, -0.15) is 4.58 Å². The van der Waals surface area contributed by atoms with Gasteiger partial charge in [-0.1, -0.05) is 68.5 Å². The number of halogens is 2. The smallest absolute Gasteiger partial charge is 0.209 e. The van der Waals surface area contributed by atoms with Crippen molar-refractivity contribution in [2.75, 3.05) is 31.1 Å². The van der Waals surface area contributed by atoms with Crippen LogP contribution in [0.4, 0.5) is 11.4 Å². The second-order valence-electron chi connectivity index (χ2n) is 10.6. The largest absolute Gasteiger partial charge is 1.00 e. The molecule has 200 valence electrons. The molecule has 6 heteroatoms. The van der Waals surface area contributed by atoms with Gasteiger partial charge in [0, 0.05) is 47.5 Å². The number of anilines is 1. The lowest BCUT2D eigenvalue weighted by atomic mass is 9.81. The van der Waals surface area contributed by atoms with E-state index in [0.717, 1.165) is 25.9 Å². The van der Waals surface area contributed by atoms with Crippen molar-refractivity contribution in [3.8, 4) is 0 Å². The van der Waals surface area contributed by atoms with Gasteiger partial charge in [0.2, 0.25) is 5.69 Å². The van der Waals surface area contributed by atoms with E-state index >= 15 is 0 Å². The summed E-state index contributed by atoms with van der Waals surface area (Å²) < 4.78 is 2.44. The summed E-state index contributed by atoms with van der Waals surface area (Å²) in [5.41, 5.74) is 19.6. The zero-order chi connectivity index (χ0) is 25.1. The Morgan fingerprint density at radius 3 is 2.16 bits per heavy atom. The van der Waals surface area contributed by atoms with Crippen LogP contribution < -0.4 is 33.3 Å². The summed E-state index contributed by atoms with van der Waals surface area (Å²) in [7, 11) is 0. The number of para-hydroxylation sites is 2. The fourth-order valence-electron chi connectivity index (χ4n) is 5.62. The van der Waals surface area contributed by atoms with Gasteiger partial charge in [0.1, 0.15) is 0 Å². The van der Waals surface area contributed by atoms with Gasteiger partial charge in [0.25, 0.3) is 0 Å². The number of nitrogens with two attached hydrogens (primary N) is 2. The summed E-state index contributed by atoms with van der Waals surface area (Å²) >= 11 is 0. The molecule has 4 nitrogen and oxygen atoms in total. The molecule has 0 fully saturated rings. The molecular weight excluding hydrogens is 588 g/mol. The van der Waals surface area contributed by atoms with Crippen molar-refractivity contribution in [2.24, 2.45) is 11.5 Å². The molecule has 2 aromatic rings. The van der Waals surface area contributed by atoms with E-state index in [1.54, 1.807) is 0 Å². The molecule has 0 saturated heterocycles. The van der Waals surface area contributed by atoms with Crippen LogP contribution in [0, 0.1) is 0 Å². The number of allylic oxidation sites excluding steroid dienone is 6. The standard InChI is InChI=1S/C31H41N4.2BrH/c1-30(2)24-14-8-10-16-26(24)34(22-12-20-32)28(30)18-6-5-7-19-29-31(3,4)25-15-9-11-17-27(25)35(29)23-13-21-33;;/h5-11,14-19H,12-13,20-23,32-33H2,1-4H3;2*1H/q+1;;/p-1. The Labute approximate surface area is 244 Å². The van der Waals surface area contributed by atoms with Crippen molar-refractivity contribution in [1.82, 2.24) is 0 Å². The highest BCUT2D eigenvalue weighted by Crippen LogP contribution is 2.47. The first kappa shape index (κ1) is 31.2. The Hall–Kier alpha value is -1.99. The Balaban J connectivity index is 0.00000241. The van der Waals surface area contributed by atoms with Gasteiger partial charge < -0.3 is 33.3 Å². The van der Waals surface area contributed by atoms with E-state index in [1.165, 1.54) is 33.9 Å². The van der Waals surface area contributed by atoms with Crippen molar-refractivity contribution in [1.29, 1.82) is 0 Å². The highest BCUT2D eigenvalue weighted by Gasteiger charge is 2.43. The lowest BCUT2D eigenvalue weighted by Crippen LogP contribution is -3.00. The summed E-state index contributed by atoms with van der Waals surface area (Å²) in [5, 5.41) is 0. The van der Waals surface area contributed by atoms with Crippen molar-refractivity contribution in [3.63, 3.8) is 0 Å².